The Bertz CT molecular complexity index is 1420. The molecule has 4 aromatic rings. The molecule has 0 radical (unpaired) electrons. The van der Waals surface area contributed by atoms with Gasteiger partial charge in [0.1, 0.15) is 5.75 Å². The molecule has 0 saturated heterocycles. The van der Waals surface area contributed by atoms with Crippen molar-refractivity contribution in [3.63, 3.8) is 0 Å². The summed E-state index contributed by atoms with van der Waals surface area (Å²) in [5, 5.41) is 23.6. The molecule has 8 heteroatoms. The molecule has 0 aliphatic carbocycles. The molecule has 0 spiro atoms. The Morgan fingerprint density at radius 2 is 1.66 bits per heavy atom. The van der Waals surface area contributed by atoms with Crippen molar-refractivity contribution in [3.8, 4) is 5.75 Å². The predicted molar refractivity (Wildman–Crippen MR) is 122 cm³/mol. The highest BCUT2D eigenvalue weighted by Gasteiger charge is 2.27. The fraction of sp³-hybridized carbons (Fsp3) is 0.0833. The number of nitrogens with one attached hydrogen (secondary N) is 1. The Hall–Kier alpha value is -3.75. The van der Waals surface area contributed by atoms with E-state index in [1.54, 1.807) is 42.5 Å². The first-order valence-corrected chi connectivity index (χ1v) is 11.3. The van der Waals surface area contributed by atoms with Crippen LogP contribution in [0.5, 0.6) is 5.75 Å². The van der Waals surface area contributed by atoms with Gasteiger partial charge in [-0.15, -0.1) is 0 Å². The van der Waals surface area contributed by atoms with Crippen molar-refractivity contribution >= 4 is 26.5 Å². The SMILES string of the molecule is Cc1ccc(S(=O)(=O)N[C@@H](c2cccc([N+](=O)[O-])c2)c2ccc3ccccc3c2O)cc1. The van der Waals surface area contributed by atoms with E-state index in [-0.39, 0.29) is 16.3 Å². The van der Waals surface area contributed by atoms with E-state index in [4.69, 9.17) is 0 Å². The van der Waals surface area contributed by atoms with Crippen LogP contribution in [0.15, 0.2) is 89.8 Å². The third-order valence-corrected chi connectivity index (χ3v) is 6.70. The summed E-state index contributed by atoms with van der Waals surface area (Å²) in [7, 11) is -4.01. The Balaban J connectivity index is 1.88. The number of nitrogens with zero attached hydrogens (tertiary/aromatic N) is 1. The molecule has 7 nitrogen and oxygen atoms in total. The Labute approximate surface area is 185 Å². The molecule has 0 aromatic heterocycles. The molecular formula is C24H20N2O5S. The Morgan fingerprint density at radius 3 is 2.38 bits per heavy atom. The normalized spacial score (nSPS) is 12.5. The van der Waals surface area contributed by atoms with Gasteiger partial charge in [-0.05, 0) is 30.0 Å². The minimum atomic E-state index is -4.01. The number of hydrogen-bond donors (Lipinski definition) is 2. The summed E-state index contributed by atoms with van der Waals surface area (Å²) in [6, 6.07) is 21.6. The van der Waals surface area contributed by atoms with Crippen LogP contribution in [0.2, 0.25) is 0 Å². The van der Waals surface area contributed by atoms with Gasteiger partial charge in [0.25, 0.3) is 5.69 Å². The van der Waals surface area contributed by atoms with Crippen LogP contribution in [0.3, 0.4) is 0 Å². The van der Waals surface area contributed by atoms with Gasteiger partial charge in [0.15, 0.2) is 0 Å². The molecular weight excluding hydrogens is 428 g/mol. The lowest BCUT2D eigenvalue weighted by molar-refractivity contribution is -0.384. The van der Waals surface area contributed by atoms with Crippen molar-refractivity contribution in [2.24, 2.45) is 0 Å². The molecule has 0 heterocycles. The van der Waals surface area contributed by atoms with Crippen LogP contribution in [-0.2, 0) is 10.0 Å². The minimum Gasteiger partial charge on any atom is -0.507 e. The third kappa shape index (κ3) is 4.18. The van der Waals surface area contributed by atoms with Crippen LogP contribution in [-0.4, -0.2) is 18.4 Å². The highest BCUT2D eigenvalue weighted by molar-refractivity contribution is 7.89. The van der Waals surface area contributed by atoms with E-state index in [0.717, 1.165) is 10.9 Å². The zero-order valence-electron chi connectivity index (χ0n) is 17.1. The van der Waals surface area contributed by atoms with Crippen LogP contribution < -0.4 is 4.72 Å². The average molecular weight is 449 g/mol. The highest BCUT2D eigenvalue weighted by atomic mass is 32.2. The van der Waals surface area contributed by atoms with Gasteiger partial charge in [0.2, 0.25) is 10.0 Å². The average Bonchev–Trinajstić information content (AvgIpc) is 2.78. The molecule has 0 aliphatic rings. The molecule has 4 aromatic carbocycles. The molecule has 0 saturated carbocycles. The van der Waals surface area contributed by atoms with Crippen LogP contribution in [0, 0.1) is 17.0 Å². The summed E-state index contributed by atoms with van der Waals surface area (Å²) in [6.45, 7) is 1.85. The highest BCUT2D eigenvalue weighted by Crippen LogP contribution is 2.37. The van der Waals surface area contributed by atoms with E-state index in [1.165, 1.54) is 30.3 Å². The molecule has 0 unspecified atom stereocenters. The maximum atomic E-state index is 13.2. The molecule has 4 rings (SSSR count). The second kappa shape index (κ2) is 8.41. The Kier molecular flexibility index (Phi) is 5.65. The number of sulfonamides is 1. The first-order valence-electron chi connectivity index (χ1n) is 9.80. The van der Waals surface area contributed by atoms with E-state index < -0.39 is 21.0 Å². The number of non-ortho nitro benzene ring substituents is 1. The number of fused-ring (bicyclic) bond motifs is 1. The van der Waals surface area contributed by atoms with E-state index in [0.29, 0.717) is 16.5 Å². The van der Waals surface area contributed by atoms with Crippen LogP contribution in [0.4, 0.5) is 5.69 Å². The van der Waals surface area contributed by atoms with Crippen molar-refractivity contribution in [2.75, 3.05) is 0 Å². The van der Waals surface area contributed by atoms with E-state index in [2.05, 4.69) is 4.72 Å². The van der Waals surface area contributed by atoms with Crippen LogP contribution in [0.25, 0.3) is 10.8 Å². The number of aromatic hydroxyl groups is 1. The predicted octanol–water partition coefficient (Wildman–Crippen LogP) is 4.83. The summed E-state index contributed by atoms with van der Waals surface area (Å²) in [4.78, 5) is 10.8. The zero-order chi connectivity index (χ0) is 22.9. The van der Waals surface area contributed by atoms with Gasteiger partial charge >= 0.3 is 0 Å². The number of aryl methyl sites for hydroxylation is 1. The van der Waals surface area contributed by atoms with Gasteiger partial charge in [-0.3, -0.25) is 10.1 Å². The minimum absolute atomic E-state index is 0.0545. The van der Waals surface area contributed by atoms with Crippen molar-refractivity contribution in [3.05, 3.63) is 112 Å². The first kappa shape index (κ1) is 21.5. The second-order valence-corrected chi connectivity index (χ2v) is 9.16. The van der Waals surface area contributed by atoms with Crippen molar-refractivity contribution in [1.82, 2.24) is 4.72 Å². The molecule has 0 amide bonds. The summed E-state index contributed by atoms with van der Waals surface area (Å²) in [5.41, 5.74) is 1.36. The van der Waals surface area contributed by atoms with E-state index in [1.807, 2.05) is 19.1 Å². The van der Waals surface area contributed by atoms with Gasteiger partial charge in [-0.2, -0.15) is 4.72 Å². The Morgan fingerprint density at radius 1 is 0.938 bits per heavy atom. The third-order valence-electron chi connectivity index (χ3n) is 5.26. The quantitative estimate of drug-likeness (QED) is 0.324. The molecule has 0 bridgehead atoms. The number of benzene rings is 4. The fourth-order valence-corrected chi connectivity index (χ4v) is 4.78. The molecule has 2 N–H and O–H groups in total. The largest absolute Gasteiger partial charge is 0.507 e. The van der Waals surface area contributed by atoms with Gasteiger partial charge in [0, 0.05) is 23.1 Å². The molecule has 1 atom stereocenters. The molecule has 162 valence electrons. The van der Waals surface area contributed by atoms with Crippen LogP contribution in [0.1, 0.15) is 22.7 Å². The lowest BCUT2D eigenvalue weighted by Gasteiger charge is -2.21. The number of phenols is 1. The van der Waals surface area contributed by atoms with Crippen LogP contribution >= 0.6 is 0 Å². The number of nitro groups is 1. The number of nitro benzene ring substituents is 1. The maximum Gasteiger partial charge on any atom is 0.269 e. The number of phenolic OH excluding ortho intramolecular Hbond substituents is 1. The molecule has 0 aliphatic heterocycles. The van der Waals surface area contributed by atoms with E-state index in [9.17, 15) is 23.6 Å². The van der Waals surface area contributed by atoms with Crippen molar-refractivity contribution in [1.29, 1.82) is 0 Å². The monoisotopic (exact) mass is 448 g/mol. The summed E-state index contributed by atoms with van der Waals surface area (Å²) in [6.07, 6.45) is 0. The topological polar surface area (TPSA) is 110 Å². The van der Waals surface area contributed by atoms with Crippen molar-refractivity contribution in [2.45, 2.75) is 17.9 Å². The van der Waals surface area contributed by atoms with Gasteiger partial charge in [-0.1, -0.05) is 66.2 Å². The maximum absolute atomic E-state index is 13.2. The first-order chi connectivity index (χ1) is 15.3. The summed E-state index contributed by atoms with van der Waals surface area (Å²) < 4.78 is 29.0. The molecule has 0 fully saturated rings. The smallest absolute Gasteiger partial charge is 0.269 e. The lowest BCUT2D eigenvalue weighted by Crippen LogP contribution is -2.29. The fourth-order valence-electron chi connectivity index (χ4n) is 3.57. The van der Waals surface area contributed by atoms with Crippen molar-refractivity contribution < 1.29 is 18.4 Å². The number of hydrogen-bond acceptors (Lipinski definition) is 5. The standard InChI is InChI=1S/C24H20N2O5S/c1-16-9-12-20(13-10-16)32(30,31)25-23(18-6-4-7-19(15-18)26(28)29)22-14-11-17-5-2-3-8-21(17)24(22)27/h2-15,23,25,27H,1H3/t23-/m0/s1. The zero-order valence-corrected chi connectivity index (χ0v) is 17.9. The summed E-state index contributed by atoms with van der Waals surface area (Å²) >= 11 is 0. The number of rotatable bonds is 6. The summed E-state index contributed by atoms with van der Waals surface area (Å²) in [5.74, 6) is -0.0915. The van der Waals surface area contributed by atoms with Gasteiger partial charge in [-0.25, -0.2) is 8.42 Å². The van der Waals surface area contributed by atoms with E-state index >= 15 is 0 Å². The lowest BCUT2D eigenvalue weighted by atomic mass is 9.95. The second-order valence-electron chi connectivity index (χ2n) is 7.44. The van der Waals surface area contributed by atoms with Gasteiger partial charge in [0.05, 0.1) is 15.9 Å². The van der Waals surface area contributed by atoms with Gasteiger partial charge < -0.3 is 5.11 Å². The molecule has 32 heavy (non-hydrogen) atoms.